The molecule has 92 valence electrons. The van der Waals surface area contributed by atoms with E-state index in [1.807, 2.05) is 5.32 Å². The van der Waals surface area contributed by atoms with Crippen molar-refractivity contribution in [2.45, 2.75) is 13.0 Å². The molecule has 0 spiro atoms. The molecule has 0 heterocycles. The third-order valence-corrected chi connectivity index (χ3v) is 2.06. The third kappa shape index (κ3) is 3.51. The van der Waals surface area contributed by atoms with Crippen molar-refractivity contribution in [3.05, 3.63) is 35.1 Å². The second-order valence-corrected chi connectivity index (χ2v) is 3.54. The number of halogens is 2. The molecule has 0 bridgehead atoms. The van der Waals surface area contributed by atoms with Crippen LogP contribution in [0.15, 0.2) is 18.2 Å². The Labute approximate surface area is 96.3 Å². The van der Waals surface area contributed by atoms with Crippen LogP contribution in [0.25, 0.3) is 0 Å². The average Bonchev–Trinajstić information content (AvgIpc) is 2.23. The monoisotopic (exact) mass is 243 g/mol. The number of benzene rings is 1. The summed E-state index contributed by atoms with van der Waals surface area (Å²) in [5, 5.41) is 10.5. The molecule has 4 nitrogen and oxygen atoms in total. The zero-order valence-corrected chi connectivity index (χ0v) is 9.04. The summed E-state index contributed by atoms with van der Waals surface area (Å²) in [4.78, 5) is 22.0. The molecule has 0 aliphatic rings. The van der Waals surface area contributed by atoms with Gasteiger partial charge in [0.15, 0.2) is 6.04 Å². The Balaban J connectivity index is 2.86. The summed E-state index contributed by atoms with van der Waals surface area (Å²) >= 11 is 0. The Hall–Kier alpha value is -1.98. The molecule has 0 aliphatic heterocycles. The molecule has 17 heavy (non-hydrogen) atoms. The summed E-state index contributed by atoms with van der Waals surface area (Å²) in [5.41, 5.74) is 0.476. The van der Waals surface area contributed by atoms with E-state index < -0.39 is 30.4 Å². The minimum atomic E-state index is -1.62. The van der Waals surface area contributed by atoms with Gasteiger partial charge in [-0.25, -0.2) is 13.6 Å². The number of amides is 1. The van der Waals surface area contributed by atoms with Crippen molar-refractivity contribution in [2.24, 2.45) is 0 Å². The third-order valence-electron chi connectivity index (χ3n) is 2.06. The van der Waals surface area contributed by atoms with E-state index >= 15 is 0 Å². The Morgan fingerprint density at radius 1 is 1.41 bits per heavy atom. The number of carbonyl (C=O) groups is 2. The zero-order valence-electron chi connectivity index (χ0n) is 9.04. The van der Waals surface area contributed by atoms with Crippen LogP contribution in [-0.2, 0) is 4.79 Å². The van der Waals surface area contributed by atoms with Gasteiger partial charge in [0.25, 0.3) is 5.91 Å². The van der Waals surface area contributed by atoms with Crippen molar-refractivity contribution in [3.8, 4) is 0 Å². The van der Waals surface area contributed by atoms with Crippen molar-refractivity contribution in [3.63, 3.8) is 0 Å². The van der Waals surface area contributed by atoms with E-state index in [1.165, 1.54) is 12.1 Å². The van der Waals surface area contributed by atoms with E-state index in [0.29, 0.717) is 5.56 Å². The number of aliphatic carboxylic acids is 1. The summed E-state index contributed by atoms with van der Waals surface area (Å²) in [7, 11) is 0. The number of aryl methyl sites for hydroxylation is 1. The standard InChI is InChI=1S/C11H11F2NO3/c1-6-2-7(4-8(13)3-6)10(15)14-9(5-12)11(16)17/h2-4,9H,5H2,1H3,(H,14,15)(H,16,17). The summed E-state index contributed by atoms with van der Waals surface area (Å²) in [6, 6.07) is 1.95. The number of hydrogen-bond acceptors (Lipinski definition) is 2. The normalized spacial score (nSPS) is 11.9. The number of alkyl halides is 1. The Bertz CT molecular complexity index is 428. The number of carboxylic acids is 1. The van der Waals surface area contributed by atoms with Gasteiger partial charge in [0.05, 0.1) is 0 Å². The number of rotatable bonds is 4. The first-order valence-corrected chi connectivity index (χ1v) is 4.81. The van der Waals surface area contributed by atoms with Crippen molar-refractivity contribution < 1.29 is 23.5 Å². The molecule has 0 aliphatic carbocycles. The smallest absolute Gasteiger partial charge is 0.328 e. The van der Waals surface area contributed by atoms with Gasteiger partial charge >= 0.3 is 5.97 Å². The van der Waals surface area contributed by atoms with E-state index in [9.17, 15) is 18.4 Å². The van der Waals surface area contributed by atoms with Gasteiger partial charge in [-0.1, -0.05) is 0 Å². The van der Waals surface area contributed by atoms with Crippen LogP contribution in [-0.4, -0.2) is 29.7 Å². The molecule has 1 aromatic rings. The predicted octanol–water partition coefficient (Wildman–Crippen LogP) is 1.29. The molecule has 1 atom stereocenters. The molecular weight excluding hydrogens is 232 g/mol. The van der Waals surface area contributed by atoms with Crippen LogP contribution >= 0.6 is 0 Å². The molecule has 1 unspecified atom stereocenters. The Morgan fingerprint density at radius 2 is 2.06 bits per heavy atom. The summed E-state index contributed by atoms with van der Waals surface area (Å²) in [6.45, 7) is 0.360. The fourth-order valence-electron chi connectivity index (χ4n) is 1.28. The van der Waals surface area contributed by atoms with Crippen molar-refractivity contribution in [1.29, 1.82) is 0 Å². The van der Waals surface area contributed by atoms with E-state index in [0.717, 1.165) is 6.07 Å². The average molecular weight is 243 g/mol. The minimum Gasteiger partial charge on any atom is -0.480 e. The highest BCUT2D eigenvalue weighted by atomic mass is 19.1. The maximum atomic E-state index is 13.0. The van der Waals surface area contributed by atoms with Crippen LogP contribution < -0.4 is 5.32 Å². The zero-order chi connectivity index (χ0) is 13.0. The number of hydrogen-bond donors (Lipinski definition) is 2. The number of carboxylic acid groups (broad SMARTS) is 1. The quantitative estimate of drug-likeness (QED) is 0.837. The highest BCUT2D eigenvalue weighted by Crippen LogP contribution is 2.08. The molecule has 6 heteroatoms. The highest BCUT2D eigenvalue weighted by molar-refractivity contribution is 5.96. The van der Waals surface area contributed by atoms with E-state index in [2.05, 4.69) is 0 Å². The maximum absolute atomic E-state index is 13.0. The van der Waals surface area contributed by atoms with E-state index in [4.69, 9.17) is 5.11 Å². The fourth-order valence-corrected chi connectivity index (χ4v) is 1.28. The summed E-state index contributed by atoms with van der Waals surface area (Å²) < 4.78 is 25.3. The van der Waals surface area contributed by atoms with Gasteiger partial charge in [0, 0.05) is 5.56 Å². The van der Waals surface area contributed by atoms with Gasteiger partial charge in [-0.15, -0.1) is 0 Å². The molecule has 0 fully saturated rings. The molecule has 1 rings (SSSR count). The van der Waals surface area contributed by atoms with Crippen LogP contribution in [0.2, 0.25) is 0 Å². The summed E-state index contributed by atoms with van der Waals surface area (Å²) in [6.07, 6.45) is 0. The van der Waals surface area contributed by atoms with Crippen LogP contribution in [0.5, 0.6) is 0 Å². The maximum Gasteiger partial charge on any atom is 0.328 e. The second kappa shape index (κ2) is 5.38. The molecule has 2 N–H and O–H groups in total. The fraction of sp³-hybridized carbons (Fsp3) is 0.273. The SMILES string of the molecule is Cc1cc(F)cc(C(=O)NC(CF)C(=O)O)c1. The number of carbonyl (C=O) groups excluding carboxylic acids is 1. The first-order valence-electron chi connectivity index (χ1n) is 4.81. The van der Waals surface area contributed by atoms with E-state index in [1.54, 1.807) is 6.92 Å². The second-order valence-electron chi connectivity index (χ2n) is 3.54. The number of nitrogens with one attached hydrogen (secondary N) is 1. The Kier molecular flexibility index (Phi) is 4.14. The van der Waals surface area contributed by atoms with Gasteiger partial charge in [0.2, 0.25) is 0 Å². The molecule has 0 aromatic heterocycles. The first-order chi connectivity index (χ1) is 7.93. The Morgan fingerprint density at radius 3 is 2.53 bits per heavy atom. The molecule has 0 saturated heterocycles. The van der Waals surface area contributed by atoms with Gasteiger partial charge in [-0.05, 0) is 30.7 Å². The van der Waals surface area contributed by atoms with Crippen molar-refractivity contribution >= 4 is 11.9 Å². The molecule has 1 aromatic carbocycles. The highest BCUT2D eigenvalue weighted by Gasteiger charge is 2.20. The van der Waals surface area contributed by atoms with Crippen LogP contribution in [0, 0.1) is 12.7 Å². The van der Waals surface area contributed by atoms with Gasteiger partial charge in [-0.3, -0.25) is 4.79 Å². The molecular formula is C11H11F2NO3. The first kappa shape index (κ1) is 13.1. The largest absolute Gasteiger partial charge is 0.480 e. The lowest BCUT2D eigenvalue weighted by molar-refractivity contribution is -0.139. The summed E-state index contributed by atoms with van der Waals surface area (Å²) in [5.74, 6) is -2.91. The lowest BCUT2D eigenvalue weighted by Crippen LogP contribution is -2.42. The van der Waals surface area contributed by atoms with Gasteiger partial charge < -0.3 is 10.4 Å². The van der Waals surface area contributed by atoms with Gasteiger partial charge in [0.1, 0.15) is 12.5 Å². The molecule has 0 radical (unpaired) electrons. The minimum absolute atomic E-state index is 0.0396. The van der Waals surface area contributed by atoms with Gasteiger partial charge in [-0.2, -0.15) is 0 Å². The lowest BCUT2D eigenvalue weighted by Gasteiger charge is -2.11. The lowest BCUT2D eigenvalue weighted by atomic mass is 10.1. The molecule has 1 amide bonds. The topological polar surface area (TPSA) is 66.4 Å². The predicted molar refractivity (Wildman–Crippen MR) is 56.0 cm³/mol. The van der Waals surface area contributed by atoms with Crippen LogP contribution in [0.1, 0.15) is 15.9 Å². The van der Waals surface area contributed by atoms with Crippen LogP contribution in [0.3, 0.4) is 0 Å². The van der Waals surface area contributed by atoms with E-state index in [-0.39, 0.29) is 5.56 Å². The van der Waals surface area contributed by atoms with Crippen molar-refractivity contribution in [1.82, 2.24) is 5.32 Å². The van der Waals surface area contributed by atoms with Crippen LogP contribution in [0.4, 0.5) is 8.78 Å². The molecule has 0 saturated carbocycles. The van der Waals surface area contributed by atoms with Crippen molar-refractivity contribution in [2.75, 3.05) is 6.67 Å².